The predicted octanol–water partition coefficient (Wildman–Crippen LogP) is 3.75. The zero-order valence-corrected chi connectivity index (χ0v) is 20.0. The van der Waals surface area contributed by atoms with E-state index in [-0.39, 0.29) is 12.0 Å². The summed E-state index contributed by atoms with van der Waals surface area (Å²) in [6, 6.07) is 0. The van der Waals surface area contributed by atoms with Crippen LogP contribution in [0, 0.1) is 12.8 Å². The first kappa shape index (κ1) is 24.9. The molecule has 0 aromatic carbocycles. The maximum absolute atomic E-state index is 13.7. The van der Waals surface area contributed by atoms with Gasteiger partial charge in [-0.3, -0.25) is 0 Å². The number of nitrogens with zero attached hydrogens (tertiary/aromatic N) is 3. The van der Waals surface area contributed by atoms with E-state index < -0.39 is 50.2 Å². The molecule has 2 aromatic heterocycles. The molecule has 2 aromatic rings. The molecule has 0 saturated heterocycles. The van der Waals surface area contributed by atoms with E-state index in [2.05, 4.69) is 10.1 Å². The van der Waals surface area contributed by atoms with E-state index in [0.29, 0.717) is 21.4 Å². The molecule has 1 aliphatic rings. The minimum atomic E-state index is -4.74. The number of hydrogen-bond donors (Lipinski definition) is 2. The van der Waals surface area contributed by atoms with Crippen molar-refractivity contribution in [2.24, 2.45) is 5.92 Å². The van der Waals surface area contributed by atoms with Crippen LogP contribution in [0.4, 0.5) is 13.2 Å². The maximum Gasteiger partial charge on any atom is 0.396 e. The number of alkyl halides is 3. The van der Waals surface area contributed by atoms with Crippen molar-refractivity contribution in [2.45, 2.75) is 64.8 Å². The number of halogens is 3. The highest BCUT2D eigenvalue weighted by molar-refractivity contribution is 7.95. The summed E-state index contributed by atoms with van der Waals surface area (Å²) >= 11 is 1.14. The first-order valence-corrected chi connectivity index (χ1v) is 12.4. The minimum Gasteiger partial charge on any atom is -0.390 e. The molecule has 7 nitrogen and oxygen atoms in total. The third-order valence-electron chi connectivity index (χ3n) is 5.13. The Hall–Kier alpha value is -1.76. The number of fused-ring (bicyclic) bond motifs is 1. The third-order valence-corrected chi connectivity index (χ3v) is 8.21. The van der Waals surface area contributed by atoms with Crippen LogP contribution in [0.1, 0.15) is 56.9 Å². The van der Waals surface area contributed by atoms with E-state index in [9.17, 15) is 31.8 Å². The summed E-state index contributed by atoms with van der Waals surface area (Å²) in [5.41, 5.74) is -1.45. The number of allylic oxidation sites excluding steroid dienone is 4. The van der Waals surface area contributed by atoms with Gasteiger partial charge in [0.15, 0.2) is 9.84 Å². The number of imidazole rings is 1. The quantitative estimate of drug-likeness (QED) is 0.635. The summed E-state index contributed by atoms with van der Waals surface area (Å²) < 4.78 is 68.3. The number of sulfone groups is 1. The fourth-order valence-corrected chi connectivity index (χ4v) is 6.29. The van der Waals surface area contributed by atoms with Gasteiger partial charge in [-0.2, -0.15) is 18.3 Å². The van der Waals surface area contributed by atoms with Crippen molar-refractivity contribution in [1.29, 1.82) is 0 Å². The second kappa shape index (κ2) is 7.93. The summed E-state index contributed by atoms with van der Waals surface area (Å²) in [6.45, 7) is 7.57. The van der Waals surface area contributed by atoms with Gasteiger partial charge in [0.1, 0.15) is 10.6 Å². The molecule has 0 amide bonds. The molecule has 12 heteroatoms. The van der Waals surface area contributed by atoms with Crippen molar-refractivity contribution in [3.05, 3.63) is 33.5 Å². The highest BCUT2D eigenvalue weighted by Crippen LogP contribution is 2.43. The van der Waals surface area contributed by atoms with E-state index in [1.54, 1.807) is 20.8 Å². The van der Waals surface area contributed by atoms with Crippen LogP contribution in [-0.4, -0.2) is 50.8 Å². The summed E-state index contributed by atoms with van der Waals surface area (Å²) in [5.74, 6) is -2.77. The first-order valence-electron chi connectivity index (χ1n) is 9.93. The minimum absolute atomic E-state index is 0.201. The number of rotatable bonds is 6. The van der Waals surface area contributed by atoms with Crippen LogP contribution in [0.3, 0.4) is 0 Å². The van der Waals surface area contributed by atoms with E-state index in [4.69, 9.17) is 0 Å². The van der Waals surface area contributed by atoms with Crippen molar-refractivity contribution in [3.8, 4) is 0 Å². The zero-order valence-electron chi connectivity index (χ0n) is 18.4. The largest absolute Gasteiger partial charge is 0.396 e. The summed E-state index contributed by atoms with van der Waals surface area (Å²) in [6.07, 6.45) is -3.10. The molecule has 32 heavy (non-hydrogen) atoms. The van der Waals surface area contributed by atoms with Crippen LogP contribution in [0.5, 0.6) is 0 Å². The highest BCUT2D eigenvalue weighted by Gasteiger charge is 2.47. The van der Waals surface area contributed by atoms with Crippen molar-refractivity contribution in [2.75, 3.05) is 5.75 Å². The number of hydrogen-bond acceptors (Lipinski definition) is 7. The lowest BCUT2D eigenvalue weighted by molar-refractivity contribution is -0.161. The van der Waals surface area contributed by atoms with E-state index in [1.807, 2.05) is 0 Å². The van der Waals surface area contributed by atoms with Gasteiger partial charge in [-0.1, -0.05) is 17.4 Å². The Bertz CT molecular complexity index is 1190. The fraction of sp³-hybridized carbons (Fsp3) is 0.600. The molecule has 0 bridgehead atoms. The number of aliphatic hydroxyl groups is 2. The van der Waals surface area contributed by atoms with Crippen LogP contribution < -0.4 is 0 Å². The first-order chi connectivity index (χ1) is 14.4. The van der Waals surface area contributed by atoms with Crippen LogP contribution in [-0.2, 0) is 15.4 Å². The fourth-order valence-electron chi connectivity index (χ4n) is 3.37. The number of aromatic nitrogens is 3. The average molecular weight is 494 g/mol. The number of aryl methyl sites for hydroxylation is 1. The lowest BCUT2D eigenvalue weighted by Gasteiger charge is -2.27. The van der Waals surface area contributed by atoms with E-state index in [1.165, 1.54) is 24.4 Å². The predicted molar refractivity (Wildman–Crippen MR) is 116 cm³/mol. The monoisotopic (exact) mass is 493 g/mol. The van der Waals surface area contributed by atoms with Gasteiger partial charge in [0.05, 0.1) is 33.6 Å². The van der Waals surface area contributed by atoms with Crippen molar-refractivity contribution in [1.82, 2.24) is 14.6 Å². The SMILES string of the molecule is Cc1nc2sc(C(C)(C)O)nn2c1C1=CCC(C(F)(F)F)C(S(=O)(=O)CCC(C)(C)O)=C1. The Labute approximate surface area is 188 Å². The van der Waals surface area contributed by atoms with Gasteiger partial charge < -0.3 is 10.2 Å². The molecule has 178 valence electrons. The second-order valence-corrected chi connectivity index (χ2v) is 12.2. The molecule has 3 rings (SSSR count). The van der Waals surface area contributed by atoms with Gasteiger partial charge in [-0.15, -0.1) is 0 Å². The molecule has 0 fully saturated rings. The highest BCUT2D eigenvalue weighted by atomic mass is 32.2. The molecular weight excluding hydrogens is 467 g/mol. The Morgan fingerprint density at radius 3 is 2.38 bits per heavy atom. The van der Waals surface area contributed by atoms with Crippen LogP contribution in [0.15, 0.2) is 17.1 Å². The molecule has 0 radical (unpaired) electrons. The van der Waals surface area contributed by atoms with Crippen molar-refractivity contribution >= 4 is 31.7 Å². The van der Waals surface area contributed by atoms with Gasteiger partial charge in [0, 0.05) is 0 Å². The van der Waals surface area contributed by atoms with Crippen molar-refractivity contribution in [3.63, 3.8) is 0 Å². The van der Waals surface area contributed by atoms with Gasteiger partial charge in [0.25, 0.3) is 0 Å². The molecule has 2 heterocycles. The van der Waals surface area contributed by atoms with E-state index in [0.717, 1.165) is 17.4 Å². The Morgan fingerprint density at radius 1 is 1.22 bits per heavy atom. The topological polar surface area (TPSA) is 105 Å². The lowest BCUT2D eigenvalue weighted by Crippen LogP contribution is -2.32. The van der Waals surface area contributed by atoms with Crippen molar-refractivity contribution < 1.29 is 31.8 Å². The summed E-state index contributed by atoms with van der Waals surface area (Å²) in [7, 11) is -4.30. The molecule has 1 unspecified atom stereocenters. The van der Waals surface area contributed by atoms with Gasteiger partial charge in [0.2, 0.25) is 4.96 Å². The Morgan fingerprint density at radius 2 is 1.84 bits per heavy atom. The van der Waals surface area contributed by atoms with Crippen LogP contribution in [0.2, 0.25) is 0 Å². The van der Waals surface area contributed by atoms with Gasteiger partial charge in [-0.25, -0.2) is 17.9 Å². The Balaban J connectivity index is 2.12. The van der Waals surface area contributed by atoms with Crippen LogP contribution in [0.25, 0.3) is 10.5 Å². The zero-order chi connectivity index (χ0) is 24.3. The smallest absolute Gasteiger partial charge is 0.390 e. The molecule has 0 aliphatic heterocycles. The molecular formula is C20H26F3N3O4S2. The molecule has 2 N–H and O–H groups in total. The molecule has 1 aliphatic carbocycles. The summed E-state index contributed by atoms with van der Waals surface area (Å²) in [5, 5.41) is 24.8. The normalized spacial score (nSPS) is 18.8. The lowest BCUT2D eigenvalue weighted by atomic mass is 9.94. The second-order valence-electron chi connectivity index (χ2n) is 9.12. The van der Waals surface area contributed by atoms with Gasteiger partial charge in [-0.05, 0) is 59.1 Å². The standard InChI is InChI=1S/C20H26F3N3O4S2/c1-11-15(26-17(24-11)31-16(25-26)19(4,5)28)12-6-7-13(20(21,22)23)14(10-12)32(29,30)9-8-18(2,3)27/h6,10,13,27-28H,7-9H2,1-5H3. The summed E-state index contributed by atoms with van der Waals surface area (Å²) in [4.78, 5) is 4.09. The van der Waals surface area contributed by atoms with Gasteiger partial charge >= 0.3 is 6.18 Å². The average Bonchev–Trinajstić information content (AvgIpc) is 3.15. The third kappa shape index (κ3) is 5.08. The van der Waals surface area contributed by atoms with Crippen LogP contribution >= 0.6 is 11.3 Å². The molecule has 1 atom stereocenters. The molecule has 0 spiro atoms. The van der Waals surface area contributed by atoms with E-state index >= 15 is 0 Å². The Kier molecular flexibility index (Phi) is 6.16. The maximum atomic E-state index is 13.7. The molecule has 0 saturated carbocycles.